The zero-order valence-corrected chi connectivity index (χ0v) is 11.6. The fourth-order valence-electron chi connectivity index (χ4n) is 1.86. The maximum atomic E-state index is 4.43. The first-order valence-corrected chi connectivity index (χ1v) is 6.93. The van der Waals surface area contributed by atoms with Gasteiger partial charge in [0.25, 0.3) is 0 Å². The summed E-state index contributed by atoms with van der Waals surface area (Å²) in [6.07, 6.45) is 8.94. The summed E-state index contributed by atoms with van der Waals surface area (Å²) in [6.45, 7) is 9.99. The van der Waals surface area contributed by atoms with Gasteiger partial charge >= 0.3 is 0 Å². The molecule has 0 aromatic carbocycles. The van der Waals surface area contributed by atoms with E-state index >= 15 is 0 Å². The Balaban J connectivity index is 2.18. The zero-order chi connectivity index (χ0) is 12.5. The molecule has 0 aliphatic heterocycles. The molecule has 1 N–H and O–H groups in total. The van der Waals surface area contributed by atoms with Crippen LogP contribution in [0.1, 0.15) is 45.7 Å². The predicted octanol–water partition coefficient (Wildman–Crippen LogP) is 2.86. The lowest BCUT2D eigenvalue weighted by atomic mass is 10.1. The number of nitrogens with one attached hydrogen (secondary N) is 1. The maximum absolute atomic E-state index is 4.43. The minimum atomic E-state index is 0.802. The van der Waals surface area contributed by atoms with Gasteiger partial charge in [-0.15, -0.1) is 0 Å². The monoisotopic (exact) mass is 237 g/mol. The molecular weight excluding hydrogens is 210 g/mol. The summed E-state index contributed by atoms with van der Waals surface area (Å²) in [5.74, 6) is 0.802. The van der Waals surface area contributed by atoms with Crippen LogP contribution >= 0.6 is 0 Å². The van der Waals surface area contributed by atoms with E-state index in [1.165, 1.54) is 25.0 Å². The molecule has 0 saturated heterocycles. The number of nitrogens with zero attached hydrogens (tertiary/aromatic N) is 2. The number of imidazole rings is 1. The minimum absolute atomic E-state index is 0.802. The van der Waals surface area contributed by atoms with Crippen LogP contribution in [0.15, 0.2) is 12.5 Å². The van der Waals surface area contributed by atoms with Crippen molar-refractivity contribution in [1.82, 2.24) is 14.9 Å². The zero-order valence-electron chi connectivity index (χ0n) is 11.6. The molecule has 0 saturated carbocycles. The topological polar surface area (TPSA) is 29.9 Å². The highest BCUT2D eigenvalue weighted by atomic mass is 15.0. The molecule has 0 fully saturated rings. The molecule has 3 nitrogen and oxygen atoms in total. The number of aromatic nitrogens is 2. The molecule has 1 aromatic rings. The smallest absolute Gasteiger partial charge is 0.0949 e. The molecule has 1 heterocycles. The fraction of sp³-hybridized carbons (Fsp3) is 0.786. The summed E-state index contributed by atoms with van der Waals surface area (Å²) in [5, 5.41) is 3.40. The standard InChI is InChI=1S/C14H27N3/c1-4-8-15-9-7-14-11-17(12-16-14)10-5-6-13(2)3/h11-13,15H,4-10H2,1-3H3. The van der Waals surface area contributed by atoms with Crippen molar-refractivity contribution in [2.24, 2.45) is 5.92 Å². The number of hydrogen-bond donors (Lipinski definition) is 1. The average Bonchev–Trinajstić information content (AvgIpc) is 2.72. The van der Waals surface area contributed by atoms with Gasteiger partial charge in [-0.05, 0) is 31.7 Å². The number of aryl methyl sites for hydroxylation is 1. The van der Waals surface area contributed by atoms with Gasteiger partial charge in [0.2, 0.25) is 0 Å². The highest BCUT2D eigenvalue weighted by molar-refractivity contribution is 4.97. The first kappa shape index (κ1) is 14.2. The molecule has 1 aromatic heterocycles. The maximum Gasteiger partial charge on any atom is 0.0949 e. The third-order valence-electron chi connectivity index (χ3n) is 2.87. The number of rotatable bonds is 9. The Morgan fingerprint density at radius 2 is 2.18 bits per heavy atom. The SMILES string of the molecule is CCCNCCc1cn(CCCC(C)C)cn1. The lowest BCUT2D eigenvalue weighted by molar-refractivity contribution is 0.511. The van der Waals surface area contributed by atoms with Crippen molar-refractivity contribution < 1.29 is 0 Å². The van der Waals surface area contributed by atoms with E-state index in [0.717, 1.165) is 32.0 Å². The summed E-state index contributed by atoms with van der Waals surface area (Å²) >= 11 is 0. The summed E-state index contributed by atoms with van der Waals surface area (Å²) < 4.78 is 2.22. The van der Waals surface area contributed by atoms with Crippen molar-refractivity contribution in [3.05, 3.63) is 18.2 Å². The Kier molecular flexibility index (Phi) is 6.94. The van der Waals surface area contributed by atoms with Crippen molar-refractivity contribution in [1.29, 1.82) is 0 Å². The molecule has 0 radical (unpaired) electrons. The molecule has 0 unspecified atom stereocenters. The number of hydrogen-bond acceptors (Lipinski definition) is 2. The van der Waals surface area contributed by atoms with Crippen LogP contribution in [0.25, 0.3) is 0 Å². The van der Waals surface area contributed by atoms with Crippen LogP contribution < -0.4 is 5.32 Å². The van der Waals surface area contributed by atoms with Crippen molar-refractivity contribution in [3.8, 4) is 0 Å². The van der Waals surface area contributed by atoms with Gasteiger partial charge in [-0.1, -0.05) is 20.8 Å². The minimum Gasteiger partial charge on any atom is -0.337 e. The second-order valence-electron chi connectivity index (χ2n) is 5.14. The van der Waals surface area contributed by atoms with Crippen LogP contribution in [-0.2, 0) is 13.0 Å². The normalized spacial score (nSPS) is 11.3. The Morgan fingerprint density at radius 3 is 2.88 bits per heavy atom. The first-order valence-electron chi connectivity index (χ1n) is 6.93. The molecule has 0 bridgehead atoms. The van der Waals surface area contributed by atoms with E-state index in [9.17, 15) is 0 Å². The molecular formula is C14H27N3. The van der Waals surface area contributed by atoms with Gasteiger partial charge in [-0.2, -0.15) is 0 Å². The fourth-order valence-corrected chi connectivity index (χ4v) is 1.86. The van der Waals surface area contributed by atoms with Gasteiger partial charge in [0.15, 0.2) is 0 Å². The van der Waals surface area contributed by atoms with Crippen LogP contribution in [-0.4, -0.2) is 22.6 Å². The quantitative estimate of drug-likeness (QED) is 0.669. The molecule has 0 aliphatic rings. The molecule has 0 amide bonds. The molecule has 1 rings (SSSR count). The van der Waals surface area contributed by atoms with Gasteiger partial charge in [-0.3, -0.25) is 0 Å². The van der Waals surface area contributed by atoms with Crippen LogP contribution in [0.2, 0.25) is 0 Å². The molecule has 0 spiro atoms. The van der Waals surface area contributed by atoms with E-state index in [4.69, 9.17) is 0 Å². The van der Waals surface area contributed by atoms with Crippen LogP contribution in [0.3, 0.4) is 0 Å². The highest BCUT2D eigenvalue weighted by Gasteiger charge is 1.99. The Morgan fingerprint density at radius 1 is 1.35 bits per heavy atom. The van der Waals surface area contributed by atoms with Crippen molar-refractivity contribution in [2.45, 2.75) is 53.0 Å². The van der Waals surface area contributed by atoms with Gasteiger partial charge < -0.3 is 9.88 Å². The van der Waals surface area contributed by atoms with E-state index in [1.807, 2.05) is 6.33 Å². The molecule has 98 valence electrons. The first-order chi connectivity index (χ1) is 8.22. The van der Waals surface area contributed by atoms with Crippen LogP contribution in [0.5, 0.6) is 0 Å². The molecule has 0 aliphatic carbocycles. The largest absolute Gasteiger partial charge is 0.337 e. The summed E-state index contributed by atoms with van der Waals surface area (Å²) in [7, 11) is 0. The average molecular weight is 237 g/mol. The van der Waals surface area contributed by atoms with Crippen molar-refractivity contribution in [3.63, 3.8) is 0 Å². The van der Waals surface area contributed by atoms with E-state index in [-0.39, 0.29) is 0 Å². The van der Waals surface area contributed by atoms with Gasteiger partial charge in [0, 0.05) is 25.7 Å². The Hall–Kier alpha value is -0.830. The Labute approximate surface area is 106 Å². The highest BCUT2D eigenvalue weighted by Crippen LogP contribution is 2.06. The summed E-state index contributed by atoms with van der Waals surface area (Å²) in [5.41, 5.74) is 1.21. The lowest BCUT2D eigenvalue weighted by Gasteiger charge is -2.04. The molecule has 3 heteroatoms. The lowest BCUT2D eigenvalue weighted by Crippen LogP contribution is -2.17. The van der Waals surface area contributed by atoms with E-state index in [2.05, 4.69) is 41.8 Å². The van der Waals surface area contributed by atoms with E-state index < -0.39 is 0 Å². The van der Waals surface area contributed by atoms with Crippen molar-refractivity contribution in [2.75, 3.05) is 13.1 Å². The third-order valence-corrected chi connectivity index (χ3v) is 2.87. The third kappa shape index (κ3) is 6.47. The molecule has 0 atom stereocenters. The van der Waals surface area contributed by atoms with E-state index in [1.54, 1.807) is 0 Å². The molecule has 17 heavy (non-hydrogen) atoms. The summed E-state index contributed by atoms with van der Waals surface area (Å²) in [4.78, 5) is 4.43. The second kappa shape index (κ2) is 8.29. The van der Waals surface area contributed by atoms with Crippen LogP contribution in [0.4, 0.5) is 0 Å². The predicted molar refractivity (Wildman–Crippen MR) is 73.2 cm³/mol. The van der Waals surface area contributed by atoms with E-state index in [0.29, 0.717) is 0 Å². The van der Waals surface area contributed by atoms with Gasteiger partial charge in [-0.25, -0.2) is 4.98 Å². The summed E-state index contributed by atoms with van der Waals surface area (Å²) in [6, 6.07) is 0. The van der Waals surface area contributed by atoms with Crippen LogP contribution in [0, 0.1) is 5.92 Å². The van der Waals surface area contributed by atoms with Crippen molar-refractivity contribution >= 4 is 0 Å². The second-order valence-corrected chi connectivity index (χ2v) is 5.14. The Bertz CT molecular complexity index is 291. The van der Waals surface area contributed by atoms with Gasteiger partial charge in [0.05, 0.1) is 12.0 Å². The van der Waals surface area contributed by atoms with Gasteiger partial charge in [0.1, 0.15) is 0 Å².